The van der Waals surface area contributed by atoms with E-state index in [1.165, 1.54) is 0 Å². The average Bonchev–Trinajstić information content (AvgIpc) is 2.30. The molecule has 0 aliphatic carbocycles. The summed E-state index contributed by atoms with van der Waals surface area (Å²) in [6.07, 6.45) is 1.86. The Balaban J connectivity index is 2.66. The van der Waals surface area contributed by atoms with Crippen LogP contribution in [0.25, 0.3) is 0 Å². The maximum absolute atomic E-state index is 5.77. The fraction of sp³-hybridized carbons (Fsp3) is 0.643. The minimum absolute atomic E-state index is 0.121. The summed E-state index contributed by atoms with van der Waals surface area (Å²) >= 11 is 0. The summed E-state index contributed by atoms with van der Waals surface area (Å²) in [7, 11) is 0. The van der Waals surface area contributed by atoms with E-state index in [1.807, 2.05) is 26.0 Å². The average molecular weight is 251 g/mol. The summed E-state index contributed by atoms with van der Waals surface area (Å²) in [5.74, 6) is 1.68. The van der Waals surface area contributed by atoms with E-state index in [2.05, 4.69) is 24.1 Å². The van der Waals surface area contributed by atoms with Crippen LogP contribution in [0.2, 0.25) is 0 Å². The van der Waals surface area contributed by atoms with Gasteiger partial charge in [-0.2, -0.15) is 0 Å². The first kappa shape index (κ1) is 14.8. The van der Waals surface area contributed by atoms with E-state index in [4.69, 9.17) is 10.5 Å². The zero-order chi connectivity index (χ0) is 13.5. The monoisotopic (exact) mass is 251 g/mol. The van der Waals surface area contributed by atoms with Gasteiger partial charge in [0.25, 0.3) is 0 Å². The number of pyridine rings is 1. The lowest BCUT2D eigenvalue weighted by Gasteiger charge is -2.21. The van der Waals surface area contributed by atoms with Gasteiger partial charge in [-0.1, -0.05) is 13.8 Å². The van der Waals surface area contributed by atoms with Gasteiger partial charge in [-0.05, 0) is 44.4 Å². The van der Waals surface area contributed by atoms with Gasteiger partial charge >= 0.3 is 0 Å². The lowest BCUT2D eigenvalue weighted by molar-refractivity contribution is 0.234. The van der Waals surface area contributed by atoms with Crippen molar-refractivity contribution in [1.82, 2.24) is 4.98 Å². The minimum Gasteiger partial charge on any atom is -0.473 e. The third kappa shape index (κ3) is 4.53. The Morgan fingerprint density at radius 3 is 2.61 bits per heavy atom. The van der Waals surface area contributed by atoms with Gasteiger partial charge in [0.15, 0.2) is 0 Å². The second kappa shape index (κ2) is 7.21. The molecule has 1 heterocycles. The molecule has 102 valence electrons. The molecule has 0 aliphatic heterocycles. The molecule has 1 aromatic rings. The Kier molecular flexibility index (Phi) is 5.92. The number of aromatic nitrogens is 1. The third-order valence-corrected chi connectivity index (χ3v) is 2.92. The molecule has 1 rings (SSSR count). The highest BCUT2D eigenvalue weighted by Crippen LogP contribution is 2.22. The van der Waals surface area contributed by atoms with Crippen LogP contribution in [0.4, 0.5) is 5.69 Å². The fourth-order valence-corrected chi connectivity index (χ4v) is 1.67. The molecule has 0 radical (unpaired) electrons. The van der Waals surface area contributed by atoms with Crippen LogP contribution in [0.3, 0.4) is 0 Å². The van der Waals surface area contributed by atoms with Crippen molar-refractivity contribution in [3.8, 4) is 5.88 Å². The standard InChI is InChI=1S/C14H25N3O/c1-10(2)12(8-15)9-17-13-6-5-7-16-14(13)18-11(3)4/h5-7,10-12,17H,8-9,15H2,1-4H3. The van der Waals surface area contributed by atoms with Gasteiger partial charge in [0.2, 0.25) is 5.88 Å². The normalized spacial score (nSPS) is 12.8. The second-order valence-corrected chi connectivity index (χ2v) is 5.14. The number of hydrogen-bond acceptors (Lipinski definition) is 4. The quantitative estimate of drug-likeness (QED) is 0.781. The van der Waals surface area contributed by atoms with Gasteiger partial charge in [0, 0.05) is 12.7 Å². The number of nitrogens with two attached hydrogens (primary N) is 1. The molecule has 0 fully saturated rings. The summed E-state index contributed by atoms with van der Waals surface area (Å²) in [5.41, 5.74) is 6.71. The highest BCUT2D eigenvalue weighted by molar-refractivity contribution is 5.52. The summed E-state index contributed by atoms with van der Waals surface area (Å²) in [6, 6.07) is 3.89. The van der Waals surface area contributed by atoms with Gasteiger partial charge in [-0.25, -0.2) is 4.98 Å². The van der Waals surface area contributed by atoms with Gasteiger partial charge in [0.1, 0.15) is 0 Å². The minimum atomic E-state index is 0.121. The molecule has 3 N–H and O–H groups in total. The Hall–Kier alpha value is -1.29. The van der Waals surface area contributed by atoms with E-state index in [9.17, 15) is 0 Å². The van der Waals surface area contributed by atoms with Crippen LogP contribution in [0.15, 0.2) is 18.3 Å². The number of rotatable bonds is 7. The number of ether oxygens (including phenoxy) is 1. The smallest absolute Gasteiger partial charge is 0.237 e. The molecular formula is C14H25N3O. The van der Waals surface area contributed by atoms with Crippen LogP contribution in [0.1, 0.15) is 27.7 Å². The molecule has 1 unspecified atom stereocenters. The topological polar surface area (TPSA) is 60.2 Å². The molecule has 1 atom stereocenters. The van der Waals surface area contributed by atoms with Crippen molar-refractivity contribution in [2.75, 3.05) is 18.4 Å². The van der Waals surface area contributed by atoms with Crippen LogP contribution in [-0.2, 0) is 0 Å². The van der Waals surface area contributed by atoms with Crippen molar-refractivity contribution >= 4 is 5.69 Å². The Morgan fingerprint density at radius 1 is 1.33 bits per heavy atom. The Morgan fingerprint density at radius 2 is 2.06 bits per heavy atom. The van der Waals surface area contributed by atoms with Crippen LogP contribution in [0, 0.1) is 11.8 Å². The lowest BCUT2D eigenvalue weighted by Crippen LogP contribution is -2.27. The van der Waals surface area contributed by atoms with Crippen molar-refractivity contribution in [1.29, 1.82) is 0 Å². The van der Waals surface area contributed by atoms with Gasteiger partial charge in [-0.15, -0.1) is 0 Å². The summed E-state index contributed by atoms with van der Waals surface area (Å²) < 4.78 is 5.67. The number of hydrogen-bond donors (Lipinski definition) is 2. The first-order valence-corrected chi connectivity index (χ1v) is 6.60. The Bertz CT molecular complexity index is 353. The van der Waals surface area contributed by atoms with Crippen molar-refractivity contribution < 1.29 is 4.74 Å². The largest absolute Gasteiger partial charge is 0.473 e. The van der Waals surface area contributed by atoms with Crippen molar-refractivity contribution in [2.24, 2.45) is 17.6 Å². The highest BCUT2D eigenvalue weighted by Gasteiger charge is 2.13. The molecule has 0 aliphatic rings. The molecule has 1 aromatic heterocycles. The summed E-state index contributed by atoms with van der Waals surface area (Å²) in [6.45, 7) is 9.89. The molecule has 0 aromatic carbocycles. The van der Waals surface area contributed by atoms with Gasteiger partial charge < -0.3 is 15.8 Å². The lowest BCUT2D eigenvalue weighted by atomic mass is 9.96. The number of nitrogens with one attached hydrogen (secondary N) is 1. The molecule has 0 amide bonds. The molecule has 4 heteroatoms. The maximum atomic E-state index is 5.77. The zero-order valence-electron chi connectivity index (χ0n) is 11.8. The molecule has 4 nitrogen and oxygen atoms in total. The maximum Gasteiger partial charge on any atom is 0.237 e. The second-order valence-electron chi connectivity index (χ2n) is 5.14. The first-order valence-electron chi connectivity index (χ1n) is 6.60. The first-order chi connectivity index (χ1) is 8.54. The number of anilines is 1. The molecule has 0 saturated carbocycles. The summed E-state index contributed by atoms with van der Waals surface area (Å²) in [5, 5.41) is 3.38. The van der Waals surface area contributed by atoms with Gasteiger partial charge in [0.05, 0.1) is 11.8 Å². The fourth-order valence-electron chi connectivity index (χ4n) is 1.67. The molecule has 0 saturated heterocycles. The van der Waals surface area contributed by atoms with E-state index in [0.717, 1.165) is 12.2 Å². The predicted molar refractivity (Wildman–Crippen MR) is 75.9 cm³/mol. The van der Waals surface area contributed by atoms with E-state index in [0.29, 0.717) is 24.3 Å². The Labute approximate surface area is 110 Å². The van der Waals surface area contributed by atoms with E-state index in [1.54, 1.807) is 6.20 Å². The van der Waals surface area contributed by atoms with Crippen molar-refractivity contribution in [3.05, 3.63) is 18.3 Å². The van der Waals surface area contributed by atoms with E-state index in [-0.39, 0.29) is 6.10 Å². The van der Waals surface area contributed by atoms with Crippen LogP contribution < -0.4 is 15.8 Å². The van der Waals surface area contributed by atoms with Crippen LogP contribution >= 0.6 is 0 Å². The molecule has 18 heavy (non-hydrogen) atoms. The van der Waals surface area contributed by atoms with Crippen molar-refractivity contribution in [2.45, 2.75) is 33.8 Å². The van der Waals surface area contributed by atoms with Gasteiger partial charge in [-0.3, -0.25) is 0 Å². The van der Waals surface area contributed by atoms with Crippen LogP contribution in [0.5, 0.6) is 5.88 Å². The van der Waals surface area contributed by atoms with Crippen LogP contribution in [-0.4, -0.2) is 24.2 Å². The van der Waals surface area contributed by atoms with E-state index < -0.39 is 0 Å². The van der Waals surface area contributed by atoms with E-state index >= 15 is 0 Å². The summed E-state index contributed by atoms with van der Waals surface area (Å²) in [4.78, 5) is 4.25. The molecule has 0 spiro atoms. The molecule has 0 bridgehead atoms. The predicted octanol–water partition coefficient (Wildman–Crippen LogP) is 2.51. The third-order valence-electron chi connectivity index (χ3n) is 2.92. The SMILES string of the molecule is CC(C)Oc1ncccc1NCC(CN)C(C)C. The molecular weight excluding hydrogens is 226 g/mol. The highest BCUT2D eigenvalue weighted by atomic mass is 16.5. The van der Waals surface area contributed by atoms with Crippen molar-refractivity contribution in [3.63, 3.8) is 0 Å². The number of nitrogens with zero attached hydrogens (tertiary/aromatic N) is 1. The zero-order valence-corrected chi connectivity index (χ0v) is 11.8.